The summed E-state index contributed by atoms with van der Waals surface area (Å²) < 4.78 is 41.0. The molecule has 0 unspecified atom stereocenters. The number of halogens is 3. The van der Waals surface area contributed by atoms with Gasteiger partial charge in [-0.05, 0) is 24.8 Å². The predicted molar refractivity (Wildman–Crippen MR) is 62.5 cm³/mol. The number of hydrogen-bond donors (Lipinski definition) is 1. The molecule has 1 N–H and O–H groups in total. The van der Waals surface area contributed by atoms with Crippen molar-refractivity contribution in [2.45, 2.75) is 17.7 Å². The average molecular weight is 280 g/mol. The van der Waals surface area contributed by atoms with Crippen molar-refractivity contribution in [2.24, 2.45) is 0 Å². The molecular weight excluding hydrogens is 269 g/mol. The first-order valence-electron chi connectivity index (χ1n) is 4.87. The van der Waals surface area contributed by atoms with E-state index in [0.29, 0.717) is 11.6 Å². The van der Waals surface area contributed by atoms with Crippen molar-refractivity contribution in [3.8, 4) is 5.88 Å². The molecule has 1 rings (SSSR count). The van der Waals surface area contributed by atoms with Gasteiger partial charge in [0.25, 0.3) is 0 Å². The van der Waals surface area contributed by atoms with Crippen molar-refractivity contribution in [3.05, 3.63) is 18.3 Å². The molecule has 0 aliphatic carbocycles. The Labute approximate surface area is 106 Å². The monoisotopic (exact) mass is 280 g/mol. The van der Waals surface area contributed by atoms with E-state index in [1.165, 1.54) is 32.4 Å². The molecule has 4 nitrogen and oxygen atoms in total. The average Bonchev–Trinajstić information content (AvgIpc) is 2.27. The number of ether oxygens (including phenoxy) is 1. The first kappa shape index (κ1) is 14.6. The van der Waals surface area contributed by atoms with Crippen LogP contribution in [0.15, 0.2) is 18.3 Å². The van der Waals surface area contributed by atoms with Crippen LogP contribution in [0.3, 0.4) is 0 Å². The van der Waals surface area contributed by atoms with E-state index in [-0.39, 0.29) is 11.8 Å². The number of nitrogens with zero attached hydrogens (tertiary/aromatic N) is 1. The molecule has 1 aromatic rings. The number of alkyl halides is 3. The third kappa shape index (κ3) is 4.82. The molecule has 0 saturated heterocycles. The van der Waals surface area contributed by atoms with Crippen LogP contribution >= 0.6 is 11.8 Å². The Morgan fingerprint density at radius 3 is 2.61 bits per heavy atom. The summed E-state index contributed by atoms with van der Waals surface area (Å²) in [6, 6.07) is 2.99. The van der Waals surface area contributed by atoms with Crippen LogP contribution in [0.5, 0.6) is 5.88 Å². The topological polar surface area (TPSA) is 51.2 Å². The van der Waals surface area contributed by atoms with Gasteiger partial charge >= 0.3 is 5.51 Å². The van der Waals surface area contributed by atoms with Gasteiger partial charge in [0, 0.05) is 6.07 Å². The van der Waals surface area contributed by atoms with Crippen molar-refractivity contribution in [1.82, 2.24) is 4.98 Å². The predicted octanol–water partition coefficient (Wildman–Crippen LogP) is 2.67. The number of hydrogen-bond acceptors (Lipinski definition) is 4. The quantitative estimate of drug-likeness (QED) is 0.921. The Balaban J connectivity index is 2.58. The first-order chi connectivity index (χ1) is 8.31. The van der Waals surface area contributed by atoms with Crippen molar-refractivity contribution >= 4 is 23.4 Å². The fraction of sp³-hybridized carbons (Fsp3) is 0.400. The number of aromatic nitrogens is 1. The summed E-state index contributed by atoms with van der Waals surface area (Å²) in [5.74, 6) is -0.380. The van der Waals surface area contributed by atoms with Gasteiger partial charge in [-0.3, -0.25) is 4.79 Å². The van der Waals surface area contributed by atoms with E-state index in [1.54, 1.807) is 0 Å². The second-order valence-corrected chi connectivity index (χ2v) is 4.69. The third-order valence-corrected chi connectivity index (χ3v) is 2.73. The minimum absolute atomic E-state index is 0.315. The molecule has 0 fully saturated rings. The minimum Gasteiger partial charge on any atom is -0.481 e. The number of carbonyl (C=O) groups excluding carboxylic acids is 1. The van der Waals surface area contributed by atoms with Crippen molar-refractivity contribution in [2.75, 3.05) is 12.4 Å². The summed E-state index contributed by atoms with van der Waals surface area (Å²) in [5.41, 5.74) is -4.12. The number of methoxy groups -OCH3 is 1. The lowest BCUT2D eigenvalue weighted by Crippen LogP contribution is -2.25. The summed E-state index contributed by atoms with van der Waals surface area (Å²) in [4.78, 5) is 15.3. The van der Waals surface area contributed by atoms with Gasteiger partial charge < -0.3 is 10.1 Å². The van der Waals surface area contributed by atoms with Gasteiger partial charge in [0.1, 0.15) is 0 Å². The first-order valence-corrected chi connectivity index (χ1v) is 5.75. The van der Waals surface area contributed by atoms with Crippen molar-refractivity contribution in [3.63, 3.8) is 0 Å². The minimum atomic E-state index is -4.44. The fourth-order valence-electron chi connectivity index (χ4n) is 1.07. The number of anilines is 1. The Morgan fingerprint density at radius 2 is 2.17 bits per heavy atom. The standard InChI is InChI=1S/C10H11F3N2O2S/c1-6(18-10(11,12)13)9(16)15-7-3-4-8(17-2)14-5-7/h3-6H,1-2H3,(H,15,16)/t6-/m0/s1. The largest absolute Gasteiger partial charge is 0.481 e. The molecule has 0 radical (unpaired) electrons. The molecule has 1 aromatic heterocycles. The smallest absolute Gasteiger partial charge is 0.442 e. The van der Waals surface area contributed by atoms with E-state index < -0.39 is 16.7 Å². The maximum atomic E-state index is 12.1. The molecule has 0 aliphatic heterocycles. The molecule has 1 heterocycles. The summed E-state index contributed by atoms with van der Waals surface area (Å²) in [6.45, 7) is 1.18. The molecule has 0 bridgehead atoms. The molecular formula is C10H11F3N2O2S. The molecule has 0 spiro atoms. The van der Waals surface area contributed by atoms with Crippen molar-refractivity contribution < 1.29 is 22.7 Å². The fourth-order valence-corrected chi connectivity index (χ4v) is 1.64. The zero-order chi connectivity index (χ0) is 13.8. The van der Waals surface area contributed by atoms with Crippen molar-refractivity contribution in [1.29, 1.82) is 0 Å². The Kier molecular flexibility index (Phi) is 4.83. The van der Waals surface area contributed by atoms with E-state index in [2.05, 4.69) is 10.3 Å². The summed E-state index contributed by atoms with van der Waals surface area (Å²) in [6.07, 6.45) is 1.31. The molecule has 8 heteroatoms. The van der Waals surface area contributed by atoms with Gasteiger partial charge in [-0.1, -0.05) is 0 Å². The number of rotatable bonds is 4. The summed E-state index contributed by atoms with van der Waals surface area (Å²) >= 11 is -0.365. The lowest BCUT2D eigenvalue weighted by Gasteiger charge is -2.13. The second kappa shape index (κ2) is 5.94. The Hall–Kier alpha value is -1.44. The van der Waals surface area contributed by atoms with Gasteiger partial charge in [0.05, 0.1) is 24.2 Å². The lowest BCUT2D eigenvalue weighted by atomic mass is 10.3. The molecule has 18 heavy (non-hydrogen) atoms. The number of amides is 1. The van der Waals surface area contributed by atoms with Crippen LogP contribution in [0, 0.1) is 0 Å². The zero-order valence-electron chi connectivity index (χ0n) is 9.62. The zero-order valence-corrected chi connectivity index (χ0v) is 10.4. The van der Waals surface area contributed by atoms with Gasteiger partial charge in [-0.15, -0.1) is 0 Å². The second-order valence-electron chi connectivity index (χ2n) is 3.28. The van der Waals surface area contributed by atoms with E-state index in [4.69, 9.17) is 4.74 Å². The van der Waals surface area contributed by atoms with Gasteiger partial charge in [-0.2, -0.15) is 13.2 Å². The lowest BCUT2D eigenvalue weighted by molar-refractivity contribution is -0.115. The molecule has 0 saturated carbocycles. The molecule has 0 aliphatic rings. The van der Waals surface area contributed by atoms with Crippen LogP contribution < -0.4 is 10.1 Å². The summed E-state index contributed by atoms with van der Waals surface area (Å²) in [7, 11) is 1.43. The van der Waals surface area contributed by atoms with Crippen LogP contribution in [0.4, 0.5) is 18.9 Å². The van der Waals surface area contributed by atoms with E-state index >= 15 is 0 Å². The molecule has 0 aromatic carbocycles. The summed E-state index contributed by atoms with van der Waals surface area (Å²) in [5, 5.41) is 1.11. The number of carbonyl (C=O) groups is 1. The van der Waals surface area contributed by atoms with Gasteiger partial charge in [-0.25, -0.2) is 4.98 Å². The Bertz CT molecular complexity index is 409. The highest BCUT2D eigenvalue weighted by atomic mass is 32.2. The van der Waals surface area contributed by atoms with Crippen LogP contribution in [-0.4, -0.2) is 28.8 Å². The molecule has 100 valence electrons. The third-order valence-electron chi connectivity index (χ3n) is 1.89. The SMILES string of the molecule is COc1ccc(NC(=O)[C@H](C)SC(F)(F)F)cn1. The van der Waals surface area contributed by atoms with Gasteiger partial charge in [0.2, 0.25) is 11.8 Å². The maximum Gasteiger partial charge on any atom is 0.442 e. The highest BCUT2D eigenvalue weighted by Crippen LogP contribution is 2.34. The van der Waals surface area contributed by atoms with E-state index in [0.717, 1.165) is 0 Å². The van der Waals surface area contributed by atoms with E-state index in [1.807, 2.05) is 0 Å². The van der Waals surface area contributed by atoms with Crippen LogP contribution in [0.1, 0.15) is 6.92 Å². The van der Waals surface area contributed by atoms with Crippen LogP contribution in [-0.2, 0) is 4.79 Å². The maximum absolute atomic E-state index is 12.1. The highest BCUT2D eigenvalue weighted by molar-refractivity contribution is 8.01. The normalized spacial score (nSPS) is 12.9. The number of thioether (sulfide) groups is 1. The Morgan fingerprint density at radius 1 is 1.50 bits per heavy atom. The number of nitrogens with one attached hydrogen (secondary N) is 1. The van der Waals surface area contributed by atoms with E-state index in [9.17, 15) is 18.0 Å². The van der Waals surface area contributed by atoms with Crippen LogP contribution in [0.2, 0.25) is 0 Å². The number of pyridine rings is 1. The highest BCUT2D eigenvalue weighted by Gasteiger charge is 2.34. The van der Waals surface area contributed by atoms with Gasteiger partial charge in [0.15, 0.2) is 0 Å². The molecule has 1 amide bonds. The molecule has 1 atom stereocenters. The van der Waals surface area contributed by atoms with Crippen LogP contribution in [0.25, 0.3) is 0 Å².